The van der Waals surface area contributed by atoms with Crippen molar-refractivity contribution in [1.29, 1.82) is 0 Å². The van der Waals surface area contributed by atoms with Crippen molar-refractivity contribution in [1.82, 2.24) is 0 Å². The molecule has 0 aliphatic carbocycles. The van der Waals surface area contributed by atoms with Gasteiger partial charge in [-0.2, -0.15) is 0 Å². The van der Waals surface area contributed by atoms with Crippen molar-refractivity contribution in [2.24, 2.45) is 0 Å². The maximum atomic E-state index is 13.8. The highest BCUT2D eigenvalue weighted by Gasteiger charge is 2.25. The predicted octanol–water partition coefficient (Wildman–Crippen LogP) is 5.71. The van der Waals surface area contributed by atoms with E-state index >= 15 is 0 Å². The number of ether oxygens (including phenoxy) is 1. The van der Waals surface area contributed by atoms with E-state index in [1.165, 1.54) is 18.2 Å². The first-order valence-corrected chi connectivity index (χ1v) is 8.23. The molecule has 0 aromatic heterocycles. The van der Waals surface area contributed by atoms with Crippen LogP contribution < -0.4 is 4.74 Å². The van der Waals surface area contributed by atoms with Crippen LogP contribution >= 0.6 is 0 Å². The lowest BCUT2D eigenvalue weighted by Crippen LogP contribution is -2.08. The number of alkyl halides is 2. The number of benzene rings is 3. The van der Waals surface area contributed by atoms with Crippen LogP contribution in [0.1, 0.15) is 12.5 Å². The number of hydrogen-bond donors (Lipinski definition) is 0. The van der Waals surface area contributed by atoms with Crippen molar-refractivity contribution >= 4 is 6.29 Å². The van der Waals surface area contributed by atoms with Gasteiger partial charge >= 0.3 is 0 Å². The molecule has 0 saturated carbocycles. The van der Waals surface area contributed by atoms with Gasteiger partial charge < -0.3 is 4.74 Å². The van der Waals surface area contributed by atoms with E-state index in [1.54, 1.807) is 0 Å². The standard InChI is InChI=1S/C22H18F2O2/c1-22(23,24)19-10-11-21(26-13-12-25)20(15-19)18-9-5-8-17(14-18)16-6-3-2-4-7-16/h2-12,14-15H,13H2,1H3. The summed E-state index contributed by atoms with van der Waals surface area (Å²) < 4.78 is 33.0. The Morgan fingerprint density at radius 1 is 0.885 bits per heavy atom. The zero-order valence-electron chi connectivity index (χ0n) is 14.3. The number of rotatable bonds is 6. The normalized spacial score (nSPS) is 11.2. The van der Waals surface area contributed by atoms with Crippen LogP contribution in [-0.2, 0) is 10.7 Å². The minimum Gasteiger partial charge on any atom is -0.486 e. The van der Waals surface area contributed by atoms with Gasteiger partial charge in [-0.1, -0.05) is 48.5 Å². The van der Waals surface area contributed by atoms with Crippen molar-refractivity contribution in [3.05, 3.63) is 78.4 Å². The van der Waals surface area contributed by atoms with Crippen LogP contribution in [0, 0.1) is 0 Å². The summed E-state index contributed by atoms with van der Waals surface area (Å²) in [5.74, 6) is -2.56. The van der Waals surface area contributed by atoms with E-state index in [0.717, 1.165) is 23.6 Å². The topological polar surface area (TPSA) is 26.3 Å². The molecule has 0 fully saturated rings. The van der Waals surface area contributed by atoms with Gasteiger partial charge in [0.25, 0.3) is 5.92 Å². The second-order valence-corrected chi connectivity index (χ2v) is 6.02. The van der Waals surface area contributed by atoms with E-state index < -0.39 is 5.92 Å². The fourth-order valence-electron chi connectivity index (χ4n) is 2.78. The van der Waals surface area contributed by atoms with E-state index in [1.807, 2.05) is 54.6 Å². The van der Waals surface area contributed by atoms with Gasteiger partial charge in [-0.25, -0.2) is 8.78 Å². The van der Waals surface area contributed by atoms with Crippen molar-refractivity contribution < 1.29 is 18.3 Å². The van der Waals surface area contributed by atoms with Crippen LogP contribution in [0.25, 0.3) is 22.3 Å². The lowest BCUT2D eigenvalue weighted by atomic mass is 9.96. The lowest BCUT2D eigenvalue weighted by Gasteiger charge is -2.16. The number of carbonyl (C=O) groups is 1. The summed E-state index contributed by atoms with van der Waals surface area (Å²) in [5.41, 5.74) is 3.18. The Kier molecular flexibility index (Phi) is 5.12. The molecule has 0 spiro atoms. The third kappa shape index (κ3) is 3.97. The Balaban J connectivity index is 2.10. The van der Waals surface area contributed by atoms with Gasteiger partial charge in [0.2, 0.25) is 0 Å². The summed E-state index contributed by atoms with van der Waals surface area (Å²) in [6, 6.07) is 21.6. The molecule has 2 nitrogen and oxygen atoms in total. The highest BCUT2D eigenvalue weighted by atomic mass is 19.3. The van der Waals surface area contributed by atoms with Crippen molar-refractivity contribution in [3.8, 4) is 28.0 Å². The van der Waals surface area contributed by atoms with E-state index in [0.29, 0.717) is 17.6 Å². The van der Waals surface area contributed by atoms with E-state index in [9.17, 15) is 13.6 Å². The van der Waals surface area contributed by atoms with Crippen LogP contribution in [0.4, 0.5) is 8.78 Å². The fourth-order valence-corrected chi connectivity index (χ4v) is 2.78. The molecule has 0 radical (unpaired) electrons. The Labute approximate surface area is 151 Å². The zero-order valence-corrected chi connectivity index (χ0v) is 14.3. The molecule has 26 heavy (non-hydrogen) atoms. The minimum absolute atomic E-state index is 0.101. The molecule has 3 aromatic carbocycles. The monoisotopic (exact) mass is 352 g/mol. The zero-order chi connectivity index (χ0) is 18.6. The van der Waals surface area contributed by atoms with Crippen LogP contribution in [0.5, 0.6) is 5.75 Å². The molecule has 4 heteroatoms. The summed E-state index contributed by atoms with van der Waals surface area (Å²) in [7, 11) is 0. The fraction of sp³-hybridized carbons (Fsp3) is 0.136. The van der Waals surface area contributed by atoms with Gasteiger partial charge in [-0.05, 0) is 41.0 Å². The molecule has 132 valence electrons. The largest absolute Gasteiger partial charge is 0.486 e. The summed E-state index contributed by atoms with van der Waals surface area (Å²) in [4.78, 5) is 10.6. The van der Waals surface area contributed by atoms with Crippen LogP contribution in [-0.4, -0.2) is 12.9 Å². The maximum Gasteiger partial charge on any atom is 0.270 e. The molecule has 0 aliphatic heterocycles. The van der Waals surface area contributed by atoms with Gasteiger partial charge in [-0.3, -0.25) is 4.79 Å². The molecule has 0 N–H and O–H groups in total. The number of hydrogen-bond acceptors (Lipinski definition) is 2. The maximum absolute atomic E-state index is 13.8. The third-order valence-electron chi connectivity index (χ3n) is 4.07. The molecule has 3 aromatic rings. The molecule has 0 heterocycles. The molecule has 0 aliphatic rings. The number of aldehydes is 1. The second-order valence-electron chi connectivity index (χ2n) is 6.02. The SMILES string of the molecule is CC(F)(F)c1ccc(OCC=O)c(-c2cccc(-c3ccccc3)c2)c1. The highest BCUT2D eigenvalue weighted by molar-refractivity contribution is 5.77. The average molecular weight is 352 g/mol. The summed E-state index contributed by atoms with van der Waals surface area (Å²) >= 11 is 0. The minimum atomic E-state index is -2.96. The number of carbonyl (C=O) groups excluding carboxylic acids is 1. The van der Waals surface area contributed by atoms with Crippen LogP contribution in [0.3, 0.4) is 0 Å². The molecule has 3 rings (SSSR count). The number of halogens is 2. The first-order chi connectivity index (χ1) is 12.5. The van der Waals surface area contributed by atoms with Crippen molar-refractivity contribution in [2.75, 3.05) is 6.61 Å². The van der Waals surface area contributed by atoms with Crippen LogP contribution in [0.15, 0.2) is 72.8 Å². The molecule has 0 bridgehead atoms. The Bertz CT molecular complexity index is 900. The van der Waals surface area contributed by atoms with Gasteiger partial charge in [0.1, 0.15) is 12.4 Å². The van der Waals surface area contributed by atoms with Gasteiger partial charge in [-0.15, -0.1) is 0 Å². The average Bonchev–Trinajstić information content (AvgIpc) is 2.66. The Morgan fingerprint density at radius 3 is 2.27 bits per heavy atom. The van der Waals surface area contributed by atoms with Gasteiger partial charge in [0, 0.05) is 18.1 Å². The summed E-state index contributed by atoms with van der Waals surface area (Å²) in [6.45, 7) is 0.728. The summed E-state index contributed by atoms with van der Waals surface area (Å²) in [5, 5.41) is 0. The molecule has 0 unspecified atom stereocenters. The first kappa shape index (κ1) is 17.8. The predicted molar refractivity (Wildman–Crippen MR) is 98.4 cm³/mol. The van der Waals surface area contributed by atoms with E-state index in [2.05, 4.69) is 0 Å². The Hall–Kier alpha value is -3.01. The van der Waals surface area contributed by atoms with Crippen molar-refractivity contribution in [2.45, 2.75) is 12.8 Å². The molecular formula is C22H18F2O2. The lowest BCUT2D eigenvalue weighted by molar-refractivity contribution is -0.109. The highest BCUT2D eigenvalue weighted by Crippen LogP contribution is 2.37. The summed E-state index contributed by atoms with van der Waals surface area (Å²) in [6.07, 6.45) is 0.631. The van der Waals surface area contributed by atoms with Crippen molar-refractivity contribution in [3.63, 3.8) is 0 Å². The second kappa shape index (κ2) is 7.48. The molecule has 0 saturated heterocycles. The van der Waals surface area contributed by atoms with Crippen LogP contribution in [0.2, 0.25) is 0 Å². The van der Waals surface area contributed by atoms with Gasteiger partial charge in [0.05, 0.1) is 0 Å². The van der Waals surface area contributed by atoms with Gasteiger partial charge in [0.15, 0.2) is 6.29 Å². The smallest absolute Gasteiger partial charge is 0.270 e. The molecule has 0 amide bonds. The molecule has 0 atom stereocenters. The third-order valence-corrected chi connectivity index (χ3v) is 4.07. The van der Waals surface area contributed by atoms with E-state index in [-0.39, 0.29) is 12.2 Å². The Morgan fingerprint density at radius 2 is 1.58 bits per heavy atom. The quantitative estimate of drug-likeness (QED) is 0.531. The van der Waals surface area contributed by atoms with E-state index in [4.69, 9.17) is 4.74 Å². The first-order valence-electron chi connectivity index (χ1n) is 8.23. The molecular weight excluding hydrogens is 334 g/mol.